The SMILES string of the molecule is COc1ccc2nc(CCCCCN)sc2c1. The molecule has 17 heavy (non-hydrogen) atoms. The molecule has 0 fully saturated rings. The Morgan fingerprint density at radius 3 is 2.94 bits per heavy atom. The predicted molar refractivity (Wildman–Crippen MR) is 72.8 cm³/mol. The first-order chi connectivity index (χ1) is 8.33. The minimum atomic E-state index is 0.789. The molecular weight excluding hydrogens is 232 g/mol. The van der Waals surface area contributed by atoms with E-state index < -0.39 is 0 Å². The smallest absolute Gasteiger partial charge is 0.120 e. The number of ether oxygens (including phenoxy) is 1. The molecule has 0 aliphatic heterocycles. The lowest BCUT2D eigenvalue weighted by Crippen LogP contribution is -1.98. The Labute approximate surface area is 106 Å². The van der Waals surface area contributed by atoms with Crippen molar-refractivity contribution in [3.8, 4) is 5.75 Å². The molecule has 0 amide bonds. The fourth-order valence-corrected chi connectivity index (χ4v) is 2.82. The summed E-state index contributed by atoms with van der Waals surface area (Å²) < 4.78 is 6.42. The molecule has 0 aliphatic rings. The Kier molecular flexibility index (Phi) is 4.34. The molecule has 2 aromatic rings. The molecule has 0 bridgehead atoms. The Hall–Kier alpha value is -1.13. The summed E-state index contributed by atoms with van der Waals surface area (Å²) in [5, 5.41) is 1.21. The van der Waals surface area contributed by atoms with Crippen molar-refractivity contribution in [2.75, 3.05) is 13.7 Å². The van der Waals surface area contributed by atoms with E-state index in [0.717, 1.165) is 30.7 Å². The van der Waals surface area contributed by atoms with Gasteiger partial charge in [0.1, 0.15) is 5.75 Å². The van der Waals surface area contributed by atoms with Gasteiger partial charge in [0.15, 0.2) is 0 Å². The summed E-state index contributed by atoms with van der Waals surface area (Å²) in [6.07, 6.45) is 4.53. The molecule has 0 saturated heterocycles. The zero-order valence-electron chi connectivity index (χ0n) is 10.1. The average molecular weight is 250 g/mol. The van der Waals surface area contributed by atoms with Crippen LogP contribution in [-0.4, -0.2) is 18.6 Å². The zero-order valence-corrected chi connectivity index (χ0v) is 10.9. The van der Waals surface area contributed by atoms with E-state index in [1.807, 2.05) is 12.1 Å². The van der Waals surface area contributed by atoms with Crippen LogP contribution in [0.5, 0.6) is 5.75 Å². The Morgan fingerprint density at radius 2 is 2.18 bits per heavy atom. The van der Waals surface area contributed by atoms with Gasteiger partial charge in [-0.1, -0.05) is 6.42 Å². The summed E-state index contributed by atoms with van der Waals surface area (Å²) in [5.74, 6) is 0.899. The summed E-state index contributed by atoms with van der Waals surface area (Å²) in [7, 11) is 1.69. The van der Waals surface area contributed by atoms with Gasteiger partial charge in [0.2, 0.25) is 0 Å². The van der Waals surface area contributed by atoms with Crippen LogP contribution >= 0.6 is 11.3 Å². The topological polar surface area (TPSA) is 48.1 Å². The molecule has 4 heteroatoms. The normalized spacial score (nSPS) is 10.9. The van der Waals surface area contributed by atoms with Gasteiger partial charge < -0.3 is 10.5 Å². The van der Waals surface area contributed by atoms with Crippen LogP contribution in [0.1, 0.15) is 24.3 Å². The molecule has 92 valence electrons. The lowest BCUT2D eigenvalue weighted by atomic mass is 10.2. The number of nitrogens with zero attached hydrogens (tertiary/aromatic N) is 1. The number of rotatable bonds is 6. The molecule has 0 saturated carbocycles. The van der Waals surface area contributed by atoms with Crippen molar-refractivity contribution in [1.82, 2.24) is 4.98 Å². The molecule has 1 aromatic carbocycles. The monoisotopic (exact) mass is 250 g/mol. The van der Waals surface area contributed by atoms with Gasteiger partial charge in [-0.25, -0.2) is 4.98 Å². The largest absolute Gasteiger partial charge is 0.497 e. The number of benzene rings is 1. The van der Waals surface area contributed by atoms with Crippen LogP contribution in [0.3, 0.4) is 0 Å². The summed E-state index contributed by atoms with van der Waals surface area (Å²) in [4.78, 5) is 4.62. The van der Waals surface area contributed by atoms with Crippen molar-refractivity contribution in [3.63, 3.8) is 0 Å². The standard InChI is InChI=1S/C13H18N2OS/c1-16-10-6-7-11-12(9-10)17-13(15-11)5-3-2-4-8-14/h6-7,9H,2-5,8,14H2,1H3. The number of aryl methyl sites for hydroxylation is 1. The van der Waals surface area contributed by atoms with Crippen LogP contribution in [0.2, 0.25) is 0 Å². The fourth-order valence-electron chi connectivity index (χ4n) is 1.78. The van der Waals surface area contributed by atoms with Gasteiger partial charge in [0, 0.05) is 0 Å². The van der Waals surface area contributed by atoms with Crippen molar-refractivity contribution < 1.29 is 4.74 Å². The molecule has 0 aliphatic carbocycles. The summed E-state index contributed by atoms with van der Waals surface area (Å²) in [6.45, 7) is 0.789. The maximum atomic E-state index is 5.47. The maximum absolute atomic E-state index is 5.47. The first-order valence-electron chi connectivity index (χ1n) is 5.97. The van der Waals surface area contributed by atoms with E-state index in [1.54, 1.807) is 18.4 Å². The number of hydrogen-bond acceptors (Lipinski definition) is 4. The maximum Gasteiger partial charge on any atom is 0.120 e. The molecule has 0 spiro atoms. The van der Waals surface area contributed by atoms with Crippen molar-refractivity contribution in [2.45, 2.75) is 25.7 Å². The molecule has 0 atom stereocenters. The fraction of sp³-hybridized carbons (Fsp3) is 0.462. The Balaban J connectivity index is 2.04. The van der Waals surface area contributed by atoms with Crippen LogP contribution in [0.15, 0.2) is 18.2 Å². The molecule has 0 unspecified atom stereocenters. The highest BCUT2D eigenvalue weighted by Crippen LogP contribution is 2.27. The molecule has 2 rings (SSSR count). The third-order valence-corrected chi connectivity index (χ3v) is 3.81. The van der Waals surface area contributed by atoms with E-state index in [1.165, 1.54) is 22.5 Å². The number of methoxy groups -OCH3 is 1. The summed E-state index contributed by atoms with van der Waals surface area (Å²) in [6, 6.07) is 6.03. The first-order valence-corrected chi connectivity index (χ1v) is 6.78. The summed E-state index contributed by atoms with van der Waals surface area (Å²) >= 11 is 1.76. The van der Waals surface area contributed by atoms with Gasteiger partial charge in [-0.3, -0.25) is 0 Å². The average Bonchev–Trinajstić information content (AvgIpc) is 2.76. The van der Waals surface area contributed by atoms with Crippen molar-refractivity contribution in [3.05, 3.63) is 23.2 Å². The third kappa shape index (κ3) is 3.17. The van der Waals surface area contributed by atoms with E-state index in [2.05, 4.69) is 11.1 Å². The van der Waals surface area contributed by atoms with Crippen LogP contribution in [0.25, 0.3) is 10.2 Å². The van der Waals surface area contributed by atoms with Crippen LogP contribution in [-0.2, 0) is 6.42 Å². The van der Waals surface area contributed by atoms with Crippen LogP contribution in [0.4, 0.5) is 0 Å². The van der Waals surface area contributed by atoms with E-state index in [0.29, 0.717) is 0 Å². The van der Waals surface area contributed by atoms with Crippen molar-refractivity contribution in [2.24, 2.45) is 5.73 Å². The molecule has 1 heterocycles. The van der Waals surface area contributed by atoms with Crippen LogP contribution in [0, 0.1) is 0 Å². The molecule has 2 N–H and O–H groups in total. The van der Waals surface area contributed by atoms with Gasteiger partial charge >= 0.3 is 0 Å². The zero-order chi connectivity index (χ0) is 12.1. The minimum absolute atomic E-state index is 0.789. The van der Waals surface area contributed by atoms with Gasteiger partial charge in [-0.15, -0.1) is 11.3 Å². The lowest BCUT2D eigenvalue weighted by Gasteiger charge is -1.96. The summed E-state index contributed by atoms with van der Waals surface area (Å²) in [5.41, 5.74) is 6.55. The Bertz CT molecular complexity index is 481. The van der Waals surface area contributed by atoms with E-state index in [4.69, 9.17) is 10.5 Å². The van der Waals surface area contributed by atoms with Gasteiger partial charge in [-0.05, 0) is 44.0 Å². The van der Waals surface area contributed by atoms with E-state index in [9.17, 15) is 0 Å². The van der Waals surface area contributed by atoms with Gasteiger partial charge in [0.05, 0.1) is 22.3 Å². The van der Waals surface area contributed by atoms with Crippen molar-refractivity contribution in [1.29, 1.82) is 0 Å². The molecule has 1 aromatic heterocycles. The molecule has 0 radical (unpaired) electrons. The predicted octanol–water partition coefficient (Wildman–Crippen LogP) is 2.98. The van der Waals surface area contributed by atoms with Gasteiger partial charge in [0.25, 0.3) is 0 Å². The highest BCUT2D eigenvalue weighted by atomic mass is 32.1. The number of aromatic nitrogens is 1. The van der Waals surface area contributed by atoms with Crippen LogP contribution < -0.4 is 10.5 Å². The third-order valence-electron chi connectivity index (χ3n) is 2.73. The number of nitrogens with two attached hydrogens (primary N) is 1. The van der Waals surface area contributed by atoms with E-state index in [-0.39, 0.29) is 0 Å². The second-order valence-corrected chi connectivity index (χ2v) is 5.16. The number of thiazole rings is 1. The minimum Gasteiger partial charge on any atom is -0.497 e. The highest BCUT2D eigenvalue weighted by molar-refractivity contribution is 7.18. The number of fused-ring (bicyclic) bond motifs is 1. The second kappa shape index (κ2) is 5.98. The Morgan fingerprint density at radius 1 is 1.29 bits per heavy atom. The lowest BCUT2D eigenvalue weighted by molar-refractivity contribution is 0.415. The quantitative estimate of drug-likeness (QED) is 0.802. The van der Waals surface area contributed by atoms with Crippen molar-refractivity contribution >= 4 is 21.6 Å². The second-order valence-electron chi connectivity index (χ2n) is 4.04. The molecular formula is C13H18N2OS. The first kappa shape index (κ1) is 12.3. The highest BCUT2D eigenvalue weighted by Gasteiger charge is 2.04. The molecule has 3 nitrogen and oxygen atoms in total. The van der Waals surface area contributed by atoms with Gasteiger partial charge in [-0.2, -0.15) is 0 Å². The number of unbranched alkanes of at least 4 members (excludes halogenated alkanes) is 2. The number of hydrogen-bond donors (Lipinski definition) is 1. The van der Waals surface area contributed by atoms with E-state index >= 15 is 0 Å².